The molecule has 2 fully saturated rings. The van der Waals surface area contributed by atoms with E-state index in [1.807, 2.05) is 0 Å². The molecular weight excluding hydrogens is 260 g/mol. The molecule has 1 aromatic rings. The Kier molecular flexibility index (Phi) is 3.19. The topological polar surface area (TPSA) is 79.5 Å². The van der Waals surface area contributed by atoms with Crippen LogP contribution in [0, 0.1) is 6.92 Å². The van der Waals surface area contributed by atoms with Gasteiger partial charge in [-0.15, -0.1) is 0 Å². The minimum Gasteiger partial charge on any atom is -0.340 e. The van der Waals surface area contributed by atoms with Gasteiger partial charge in [0, 0.05) is 13.5 Å². The molecule has 7 heteroatoms. The third-order valence-electron chi connectivity index (χ3n) is 4.06. The molecule has 3 rings (SSSR count). The normalized spacial score (nSPS) is 26.9. The summed E-state index contributed by atoms with van der Waals surface area (Å²) in [6.45, 7) is 4.38. The van der Waals surface area contributed by atoms with Gasteiger partial charge in [-0.25, -0.2) is 0 Å². The number of fused-ring (bicyclic) bond motifs is 1. The van der Waals surface area contributed by atoms with Crippen LogP contribution in [-0.4, -0.2) is 50.4 Å². The fourth-order valence-corrected chi connectivity index (χ4v) is 2.98. The Morgan fingerprint density at radius 1 is 1.30 bits per heavy atom. The molecule has 2 saturated heterocycles. The number of rotatable bonds is 2. The van der Waals surface area contributed by atoms with Crippen LogP contribution < -0.4 is 0 Å². The molecule has 2 amide bonds. The van der Waals surface area contributed by atoms with E-state index in [4.69, 9.17) is 4.52 Å². The first-order valence-electron chi connectivity index (χ1n) is 6.98. The van der Waals surface area contributed by atoms with E-state index in [0.717, 1.165) is 19.3 Å². The molecule has 0 radical (unpaired) electrons. The number of aromatic nitrogens is 2. The predicted molar refractivity (Wildman–Crippen MR) is 68.4 cm³/mol. The second-order valence-corrected chi connectivity index (χ2v) is 5.41. The lowest BCUT2D eigenvalue weighted by molar-refractivity contribution is -0.163. The smallest absolute Gasteiger partial charge is 0.246 e. The SMILES string of the molecule is Cc1nc(CN2C(=O)C3CCCCN3C(=O)C2C)no1. The van der Waals surface area contributed by atoms with Crippen LogP contribution in [0.4, 0.5) is 0 Å². The van der Waals surface area contributed by atoms with E-state index in [1.165, 1.54) is 0 Å². The van der Waals surface area contributed by atoms with Crippen molar-refractivity contribution in [2.45, 2.75) is 51.7 Å². The minimum atomic E-state index is -0.462. The molecular formula is C13H18N4O3. The molecule has 2 aliphatic heterocycles. The molecule has 7 nitrogen and oxygen atoms in total. The Labute approximate surface area is 116 Å². The van der Waals surface area contributed by atoms with Crippen molar-refractivity contribution < 1.29 is 14.1 Å². The van der Waals surface area contributed by atoms with Gasteiger partial charge in [0.15, 0.2) is 5.82 Å². The van der Waals surface area contributed by atoms with E-state index in [2.05, 4.69) is 10.1 Å². The standard InChI is InChI=1S/C13H18N4O3/c1-8-12(18)16-6-4-3-5-10(16)13(19)17(8)7-11-14-9(2)20-15-11/h8,10H,3-7H2,1-2H3. The number of hydrogen-bond donors (Lipinski definition) is 0. The van der Waals surface area contributed by atoms with Crippen molar-refractivity contribution in [1.82, 2.24) is 19.9 Å². The van der Waals surface area contributed by atoms with Crippen molar-refractivity contribution in [2.24, 2.45) is 0 Å². The van der Waals surface area contributed by atoms with E-state index in [9.17, 15) is 9.59 Å². The maximum atomic E-state index is 12.6. The third kappa shape index (κ3) is 2.07. The van der Waals surface area contributed by atoms with Crippen LogP contribution in [-0.2, 0) is 16.1 Å². The van der Waals surface area contributed by atoms with Crippen LogP contribution >= 0.6 is 0 Å². The van der Waals surface area contributed by atoms with Crippen LogP contribution in [0.2, 0.25) is 0 Å². The van der Waals surface area contributed by atoms with E-state index < -0.39 is 6.04 Å². The largest absolute Gasteiger partial charge is 0.340 e. The van der Waals surface area contributed by atoms with Gasteiger partial charge in [0.25, 0.3) is 0 Å². The predicted octanol–water partition coefficient (Wildman–Crippen LogP) is 0.490. The van der Waals surface area contributed by atoms with Crippen molar-refractivity contribution >= 4 is 11.8 Å². The third-order valence-corrected chi connectivity index (χ3v) is 4.06. The maximum Gasteiger partial charge on any atom is 0.246 e. The highest BCUT2D eigenvalue weighted by Gasteiger charge is 2.44. The van der Waals surface area contributed by atoms with Gasteiger partial charge in [0.05, 0.1) is 6.54 Å². The molecule has 0 bridgehead atoms. The van der Waals surface area contributed by atoms with E-state index >= 15 is 0 Å². The molecule has 108 valence electrons. The summed E-state index contributed by atoms with van der Waals surface area (Å²) in [4.78, 5) is 32.4. The highest BCUT2D eigenvalue weighted by atomic mass is 16.5. The Morgan fingerprint density at radius 3 is 2.80 bits per heavy atom. The van der Waals surface area contributed by atoms with Crippen LogP contribution in [0.1, 0.15) is 37.9 Å². The molecule has 2 aliphatic rings. The molecule has 0 aromatic carbocycles. The molecule has 2 atom stereocenters. The second kappa shape index (κ2) is 4.88. The average Bonchev–Trinajstić information content (AvgIpc) is 2.86. The number of nitrogens with zero attached hydrogens (tertiary/aromatic N) is 4. The summed E-state index contributed by atoms with van der Waals surface area (Å²) in [6, 6.07) is -0.767. The molecule has 0 aliphatic carbocycles. The van der Waals surface area contributed by atoms with Gasteiger partial charge in [-0.1, -0.05) is 5.16 Å². The summed E-state index contributed by atoms with van der Waals surface area (Å²) in [6.07, 6.45) is 2.72. The monoisotopic (exact) mass is 278 g/mol. The fourth-order valence-electron chi connectivity index (χ4n) is 2.98. The second-order valence-electron chi connectivity index (χ2n) is 5.41. The van der Waals surface area contributed by atoms with Crippen LogP contribution in [0.25, 0.3) is 0 Å². The number of amides is 2. The summed E-state index contributed by atoms with van der Waals surface area (Å²) in [5.74, 6) is 0.927. The molecule has 2 unspecified atom stereocenters. The van der Waals surface area contributed by atoms with Crippen LogP contribution in [0.15, 0.2) is 4.52 Å². The van der Waals surface area contributed by atoms with E-state index in [0.29, 0.717) is 18.3 Å². The van der Waals surface area contributed by atoms with Gasteiger partial charge in [-0.3, -0.25) is 9.59 Å². The first kappa shape index (κ1) is 13.1. The van der Waals surface area contributed by atoms with Gasteiger partial charge < -0.3 is 14.3 Å². The summed E-state index contributed by atoms with van der Waals surface area (Å²) >= 11 is 0. The van der Waals surface area contributed by atoms with Gasteiger partial charge in [-0.2, -0.15) is 4.98 Å². The van der Waals surface area contributed by atoms with E-state index in [-0.39, 0.29) is 24.4 Å². The molecule has 1 aromatic heterocycles. The molecule has 0 N–H and O–H groups in total. The zero-order valence-corrected chi connectivity index (χ0v) is 11.7. The number of carbonyl (C=O) groups excluding carboxylic acids is 2. The molecule has 0 spiro atoms. The van der Waals surface area contributed by atoms with Crippen molar-refractivity contribution in [3.8, 4) is 0 Å². The average molecular weight is 278 g/mol. The fraction of sp³-hybridized carbons (Fsp3) is 0.692. The first-order valence-corrected chi connectivity index (χ1v) is 6.98. The summed E-state index contributed by atoms with van der Waals surface area (Å²) < 4.78 is 4.92. The molecule has 3 heterocycles. The number of carbonyl (C=O) groups is 2. The highest BCUT2D eigenvalue weighted by Crippen LogP contribution is 2.26. The van der Waals surface area contributed by atoms with Gasteiger partial charge in [0.1, 0.15) is 12.1 Å². The van der Waals surface area contributed by atoms with Crippen molar-refractivity contribution in [3.63, 3.8) is 0 Å². The lowest BCUT2D eigenvalue weighted by atomic mass is 9.96. The number of piperidine rings is 1. The number of hydrogen-bond acceptors (Lipinski definition) is 5. The Balaban J connectivity index is 1.83. The molecule has 0 saturated carbocycles. The summed E-state index contributed by atoms with van der Waals surface area (Å²) in [5, 5.41) is 3.80. The Bertz CT molecular complexity index is 541. The van der Waals surface area contributed by atoms with Crippen LogP contribution in [0.5, 0.6) is 0 Å². The van der Waals surface area contributed by atoms with Crippen molar-refractivity contribution in [2.75, 3.05) is 6.54 Å². The van der Waals surface area contributed by atoms with E-state index in [1.54, 1.807) is 23.6 Å². The van der Waals surface area contributed by atoms with Crippen LogP contribution in [0.3, 0.4) is 0 Å². The first-order chi connectivity index (χ1) is 9.58. The quantitative estimate of drug-likeness (QED) is 0.786. The Morgan fingerprint density at radius 2 is 2.10 bits per heavy atom. The van der Waals surface area contributed by atoms with Gasteiger partial charge in [0.2, 0.25) is 17.7 Å². The van der Waals surface area contributed by atoms with Crippen molar-refractivity contribution in [1.29, 1.82) is 0 Å². The summed E-state index contributed by atoms with van der Waals surface area (Å²) in [7, 11) is 0. The Hall–Kier alpha value is -1.92. The zero-order valence-electron chi connectivity index (χ0n) is 11.7. The van der Waals surface area contributed by atoms with Crippen molar-refractivity contribution in [3.05, 3.63) is 11.7 Å². The van der Waals surface area contributed by atoms with Gasteiger partial charge in [-0.05, 0) is 26.2 Å². The maximum absolute atomic E-state index is 12.6. The zero-order chi connectivity index (χ0) is 14.3. The lowest BCUT2D eigenvalue weighted by Gasteiger charge is -2.45. The lowest BCUT2D eigenvalue weighted by Crippen LogP contribution is -2.64. The summed E-state index contributed by atoms with van der Waals surface area (Å²) in [5.41, 5.74) is 0. The highest BCUT2D eigenvalue weighted by molar-refractivity contribution is 5.96. The molecule has 20 heavy (non-hydrogen) atoms. The minimum absolute atomic E-state index is 0.000692. The van der Waals surface area contributed by atoms with Gasteiger partial charge >= 0.3 is 0 Å². The number of aryl methyl sites for hydroxylation is 1. The number of piperazine rings is 1.